The Morgan fingerprint density at radius 2 is 1.47 bits per heavy atom. The van der Waals surface area contributed by atoms with Crippen LogP contribution in [0.2, 0.25) is 0 Å². The third kappa shape index (κ3) is 6.28. The second-order valence-electron chi connectivity index (χ2n) is 9.24. The van der Waals surface area contributed by atoms with Crippen molar-refractivity contribution in [2.24, 2.45) is 0 Å². The molecule has 0 saturated carbocycles. The Morgan fingerprint density at radius 1 is 0.882 bits per heavy atom. The minimum atomic E-state index is -0.152. The summed E-state index contributed by atoms with van der Waals surface area (Å²) >= 11 is 0. The first-order chi connectivity index (χ1) is 16.3. The number of amides is 2. The van der Waals surface area contributed by atoms with Crippen LogP contribution in [0.1, 0.15) is 63.1 Å². The molecule has 3 aromatic rings. The van der Waals surface area contributed by atoms with Gasteiger partial charge in [0.05, 0.1) is 7.11 Å². The second kappa shape index (κ2) is 11.6. The largest absolute Gasteiger partial charge is 0.497 e. The summed E-state index contributed by atoms with van der Waals surface area (Å²) in [5, 5.41) is 3.27. The van der Waals surface area contributed by atoms with E-state index < -0.39 is 0 Å². The fourth-order valence-corrected chi connectivity index (χ4v) is 4.04. The standard InChI is InChI=1S/C30H36N2O2/c1-21(2)27-13-10-14-28(22(3)4)29(27)31-30(33)32(25-15-17-26(34-6)18-16-25)20-23(5)19-24-11-8-7-9-12-24/h7-19,21-22H,20H2,1-6H3,(H,31,33)/b23-19+. The highest BCUT2D eigenvalue weighted by molar-refractivity contribution is 6.03. The van der Waals surface area contributed by atoms with E-state index in [1.54, 1.807) is 12.0 Å². The molecular formula is C30H36N2O2. The summed E-state index contributed by atoms with van der Waals surface area (Å²) in [7, 11) is 1.64. The summed E-state index contributed by atoms with van der Waals surface area (Å²) in [6, 6.07) is 23.9. The second-order valence-corrected chi connectivity index (χ2v) is 9.24. The lowest BCUT2D eigenvalue weighted by Gasteiger charge is -2.27. The molecule has 0 aliphatic heterocycles. The van der Waals surface area contributed by atoms with Gasteiger partial charge in [0, 0.05) is 17.9 Å². The fourth-order valence-electron chi connectivity index (χ4n) is 4.04. The van der Waals surface area contributed by atoms with Crippen LogP contribution < -0.4 is 15.0 Å². The van der Waals surface area contributed by atoms with E-state index >= 15 is 0 Å². The van der Waals surface area contributed by atoms with E-state index in [1.165, 1.54) is 0 Å². The maximum atomic E-state index is 13.8. The fraction of sp³-hybridized carbons (Fsp3) is 0.300. The van der Waals surface area contributed by atoms with E-state index in [-0.39, 0.29) is 6.03 Å². The van der Waals surface area contributed by atoms with Crippen molar-refractivity contribution in [3.05, 3.63) is 95.1 Å². The van der Waals surface area contributed by atoms with E-state index in [0.29, 0.717) is 18.4 Å². The summed E-state index contributed by atoms with van der Waals surface area (Å²) in [5.41, 5.74) is 6.21. The number of carbonyl (C=O) groups is 1. The molecule has 3 rings (SSSR count). The van der Waals surface area contributed by atoms with Gasteiger partial charge >= 0.3 is 6.03 Å². The van der Waals surface area contributed by atoms with Gasteiger partial charge in [-0.25, -0.2) is 4.79 Å². The molecule has 0 radical (unpaired) electrons. The Morgan fingerprint density at radius 3 is 2.00 bits per heavy atom. The number of nitrogens with one attached hydrogen (secondary N) is 1. The van der Waals surface area contributed by atoms with Gasteiger partial charge in [0.2, 0.25) is 0 Å². The number of benzene rings is 3. The third-order valence-electron chi connectivity index (χ3n) is 5.85. The molecule has 0 spiro atoms. The van der Waals surface area contributed by atoms with Crippen molar-refractivity contribution in [1.29, 1.82) is 0 Å². The zero-order valence-electron chi connectivity index (χ0n) is 21.1. The van der Waals surface area contributed by atoms with Crippen LogP contribution >= 0.6 is 0 Å². The SMILES string of the molecule is COc1ccc(N(C/C(C)=C/c2ccccc2)C(=O)Nc2c(C(C)C)cccc2C(C)C)cc1. The average molecular weight is 457 g/mol. The van der Waals surface area contributed by atoms with Gasteiger partial charge in [-0.2, -0.15) is 0 Å². The highest BCUT2D eigenvalue weighted by Crippen LogP contribution is 2.33. The topological polar surface area (TPSA) is 41.6 Å². The third-order valence-corrected chi connectivity index (χ3v) is 5.85. The molecule has 0 bridgehead atoms. The maximum Gasteiger partial charge on any atom is 0.326 e. The molecule has 0 saturated heterocycles. The Bertz CT molecular complexity index is 1090. The average Bonchev–Trinajstić information content (AvgIpc) is 2.83. The quantitative estimate of drug-likeness (QED) is 0.372. The molecule has 0 atom stereocenters. The van der Waals surface area contributed by atoms with E-state index in [9.17, 15) is 4.79 Å². The monoisotopic (exact) mass is 456 g/mol. The summed E-state index contributed by atoms with van der Waals surface area (Å²) in [6.45, 7) is 11.1. The number of para-hydroxylation sites is 1. The first kappa shape index (κ1) is 25.1. The molecule has 0 heterocycles. The highest BCUT2D eigenvalue weighted by Gasteiger charge is 2.21. The van der Waals surface area contributed by atoms with Gasteiger partial charge in [-0.1, -0.05) is 87.9 Å². The van der Waals surface area contributed by atoms with Crippen LogP contribution in [0.4, 0.5) is 16.2 Å². The Hall–Kier alpha value is -3.53. The van der Waals surface area contributed by atoms with Gasteiger partial charge < -0.3 is 10.1 Å². The molecule has 0 aliphatic rings. The van der Waals surface area contributed by atoms with Crippen LogP contribution in [-0.4, -0.2) is 19.7 Å². The van der Waals surface area contributed by atoms with Gasteiger partial charge in [0.25, 0.3) is 0 Å². The van der Waals surface area contributed by atoms with Crippen molar-refractivity contribution in [3.63, 3.8) is 0 Å². The predicted molar refractivity (Wildman–Crippen MR) is 144 cm³/mol. The van der Waals surface area contributed by atoms with E-state index in [1.807, 2.05) is 42.5 Å². The Kier molecular flexibility index (Phi) is 8.53. The molecule has 0 aromatic heterocycles. The Balaban J connectivity index is 1.98. The molecule has 4 heteroatoms. The van der Waals surface area contributed by atoms with E-state index in [0.717, 1.165) is 39.4 Å². The molecule has 0 aliphatic carbocycles. The predicted octanol–water partition coefficient (Wildman–Crippen LogP) is 8.08. The van der Waals surface area contributed by atoms with Crippen molar-refractivity contribution in [3.8, 4) is 5.75 Å². The molecule has 0 fully saturated rings. The number of hydrogen-bond acceptors (Lipinski definition) is 2. The van der Waals surface area contributed by atoms with Crippen molar-refractivity contribution < 1.29 is 9.53 Å². The zero-order valence-corrected chi connectivity index (χ0v) is 21.1. The summed E-state index contributed by atoms with van der Waals surface area (Å²) in [5.74, 6) is 1.35. The normalized spacial score (nSPS) is 11.6. The lowest BCUT2D eigenvalue weighted by atomic mass is 9.93. The molecule has 178 valence electrons. The number of urea groups is 1. The van der Waals surface area contributed by atoms with Gasteiger partial charge in [0.15, 0.2) is 0 Å². The van der Waals surface area contributed by atoms with Gasteiger partial charge in [-0.05, 0) is 59.7 Å². The molecule has 0 unspecified atom stereocenters. The van der Waals surface area contributed by atoms with Crippen LogP contribution in [0.25, 0.3) is 6.08 Å². The molecule has 3 aromatic carbocycles. The molecule has 2 amide bonds. The number of nitrogens with zero attached hydrogens (tertiary/aromatic N) is 1. The van der Waals surface area contributed by atoms with Gasteiger partial charge in [-0.3, -0.25) is 4.90 Å². The number of anilines is 2. The minimum Gasteiger partial charge on any atom is -0.497 e. The van der Waals surface area contributed by atoms with Crippen LogP contribution in [0.5, 0.6) is 5.75 Å². The molecule has 1 N–H and O–H groups in total. The number of rotatable bonds is 8. The number of methoxy groups -OCH3 is 1. The zero-order chi connectivity index (χ0) is 24.7. The number of carbonyl (C=O) groups excluding carboxylic acids is 1. The van der Waals surface area contributed by atoms with E-state index in [4.69, 9.17) is 4.74 Å². The number of hydrogen-bond donors (Lipinski definition) is 1. The van der Waals surface area contributed by atoms with Crippen molar-refractivity contribution >= 4 is 23.5 Å². The van der Waals surface area contributed by atoms with Gasteiger partial charge in [0.1, 0.15) is 5.75 Å². The van der Waals surface area contributed by atoms with Crippen LogP contribution in [0, 0.1) is 0 Å². The molecule has 34 heavy (non-hydrogen) atoms. The summed E-state index contributed by atoms with van der Waals surface area (Å²) in [6.07, 6.45) is 2.12. The van der Waals surface area contributed by atoms with Crippen molar-refractivity contribution in [2.45, 2.75) is 46.5 Å². The van der Waals surface area contributed by atoms with Crippen LogP contribution in [-0.2, 0) is 0 Å². The van der Waals surface area contributed by atoms with Crippen LogP contribution in [0.15, 0.2) is 78.4 Å². The first-order valence-corrected chi connectivity index (χ1v) is 11.9. The van der Waals surface area contributed by atoms with Crippen molar-refractivity contribution in [2.75, 3.05) is 23.9 Å². The Labute approximate surface area is 204 Å². The van der Waals surface area contributed by atoms with Crippen molar-refractivity contribution in [1.82, 2.24) is 0 Å². The van der Waals surface area contributed by atoms with Crippen LogP contribution in [0.3, 0.4) is 0 Å². The first-order valence-electron chi connectivity index (χ1n) is 11.9. The lowest BCUT2D eigenvalue weighted by Crippen LogP contribution is -2.36. The van der Waals surface area contributed by atoms with E-state index in [2.05, 4.69) is 76.3 Å². The maximum absolute atomic E-state index is 13.8. The highest BCUT2D eigenvalue weighted by atomic mass is 16.5. The minimum absolute atomic E-state index is 0.152. The number of ether oxygens (including phenoxy) is 1. The smallest absolute Gasteiger partial charge is 0.326 e. The lowest BCUT2D eigenvalue weighted by molar-refractivity contribution is 0.257. The summed E-state index contributed by atoms with van der Waals surface area (Å²) < 4.78 is 5.32. The summed E-state index contributed by atoms with van der Waals surface area (Å²) in [4.78, 5) is 15.5. The van der Waals surface area contributed by atoms with Gasteiger partial charge in [-0.15, -0.1) is 0 Å². The molecular weight excluding hydrogens is 420 g/mol. The molecule has 4 nitrogen and oxygen atoms in total.